The predicted molar refractivity (Wildman–Crippen MR) is 164 cm³/mol. The Kier molecular flexibility index (Phi) is 8.00. The highest BCUT2D eigenvalue weighted by atomic mass is 32.1. The molecule has 0 bridgehead atoms. The van der Waals surface area contributed by atoms with E-state index in [4.69, 9.17) is 26.1 Å². The van der Waals surface area contributed by atoms with Crippen LogP contribution in [-0.4, -0.2) is 36.2 Å². The van der Waals surface area contributed by atoms with Gasteiger partial charge in [-0.05, 0) is 60.7 Å². The van der Waals surface area contributed by atoms with Gasteiger partial charge < -0.3 is 29.4 Å². The van der Waals surface area contributed by atoms with Crippen LogP contribution in [0.4, 0.5) is 11.4 Å². The Bertz CT molecular complexity index is 1610. The summed E-state index contributed by atoms with van der Waals surface area (Å²) in [6.07, 6.45) is 1.74. The number of benzene rings is 2. The third-order valence-corrected chi connectivity index (χ3v) is 7.31. The van der Waals surface area contributed by atoms with Crippen LogP contribution in [0.25, 0.3) is 11.3 Å². The summed E-state index contributed by atoms with van der Waals surface area (Å²) in [5, 5.41) is 6.87. The van der Waals surface area contributed by atoms with Gasteiger partial charge in [-0.15, -0.1) is 0 Å². The van der Waals surface area contributed by atoms with Crippen molar-refractivity contribution in [3.05, 3.63) is 96.0 Å². The number of methoxy groups -OCH3 is 2. The largest absolute Gasteiger partial charge is 0.494 e. The normalized spacial score (nSPS) is 16.6. The number of furan rings is 1. The number of amides is 1. The molecule has 0 saturated carbocycles. The Morgan fingerprint density at radius 1 is 1.02 bits per heavy atom. The second-order valence-corrected chi connectivity index (χ2v) is 11.2. The summed E-state index contributed by atoms with van der Waals surface area (Å²) in [5.41, 5.74) is 2.81. The van der Waals surface area contributed by atoms with E-state index in [-0.39, 0.29) is 11.9 Å². The smallest absolute Gasteiger partial charge is 0.337 e. The molecule has 1 aliphatic rings. The molecule has 1 fully saturated rings. The molecule has 5 rings (SSSR count). The molecule has 9 nitrogen and oxygen atoms in total. The summed E-state index contributed by atoms with van der Waals surface area (Å²) in [4.78, 5) is 31.1. The van der Waals surface area contributed by atoms with Gasteiger partial charge in [0.25, 0.3) is 0 Å². The Morgan fingerprint density at radius 3 is 2.43 bits per heavy atom. The van der Waals surface area contributed by atoms with Gasteiger partial charge in [-0.25, -0.2) is 4.79 Å². The van der Waals surface area contributed by atoms with Crippen molar-refractivity contribution < 1.29 is 23.5 Å². The molecule has 216 valence electrons. The molecule has 10 heteroatoms. The lowest BCUT2D eigenvalue weighted by Gasteiger charge is -2.27. The Balaban J connectivity index is 1.53. The van der Waals surface area contributed by atoms with Gasteiger partial charge in [0, 0.05) is 28.9 Å². The number of nitrogens with zero attached hydrogens (tertiary/aromatic N) is 2. The van der Waals surface area contributed by atoms with Gasteiger partial charge in [0.05, 0.1) is 37.2 Å². The van der Waals surface area contributed by atoms with E-state index >= 15 is 0 Å². The van der Waals surface area contributed by atoms with E-state index in [9.17, 15) is 9.59 Å². The Morgan fingerprint density at radius 2 is 1.79 bits per heavy atom. The molecule has 1 aliphatic heterocycles. The van der Waals surface area contributed by atoms with Crippen LogP contribution in [-0.2, 0) is 9.53 Å². The van der Waals surface area contributed by atoms with Crippen molar-refractivity contribution in [2.24, 2.45) is 5.41 Å². The molecule has 2 N–H and O–H groups in total. The van der Waals surface area contributed by atoms with Crippen LogP contribution >= 0.6 is 12.2 Å². The van der Waals surface area contributed by atoms with E-state index in [0.29, 0.717) is 33.6 Å². The fourth-order valence-corrected chi connectivity index (χ4v) is 5.07. The van der Waals surface area contributed by atoms with Gasteiger partial charge in [0.1, 0.15) is 23.3 Å². The standard InChI is InChI=1S/C32H32N4O5S/c1-32(2,3)30(38)34-22-14-13-21(18-26(22)39-4)36-28(27(35-31(36)42)23-8-6-7-17-33-23)25-16-15-24(41-25)19-9-11-20(12-10-19)29(37)40-5/h6-18,27-28H,1-5H3,(H,34,38)(H,35,42)/t27-,28-/m0/s1. The molecule has 3 heterocycles. The van der Waals surface area contributed by atoms with Crippen LogP contribution in [0.15, 0.2) is 83.4 Å². The number of rotatable bonds is 7. The molecule has 2 aromatic heterocycles. The van der Waals surface area contributed by atoms with Gasteiger partial charge in [-0.3, -0.25) is 9.78 Å². The number of carbonyl (C=O) groups is 2. The molecular formula is C32H32N4O5S. The minimum absolute atomic E-state index is 0.122. The van der Waals surface area contributed by atoms with Crippen LogP contribution in [0.2, 0.25) is 0 Å². The molecule has 42 heavy (non-hydrogen) atoms. The van der Waals surface area contributed by atoms with Gasteiger partial charge in [0.2, 0.25) is 5.91 Å². The molecule has 2 aromatic carbocycles. The third kappa shape index (κ3) is 5.71. The lowest BCUT2D eigenvalue weighted by Crippen LogP contribution is -2.30. The molecule has 0 unspecified atom stereocenters. The van der Waals surface area contributed by atoms with E-state index in [0.717, 1.165) is 16.9 Å². The van der Waals surface area contributed by atoms with Crippen LogP contribution in [0.1, 0.15) is 54.7 Å². The molecular weight excluding hydrogens is 552 g/mol. The molecule has 4 aromatic rings. The van der Waals surface area contributed by atoms with Crippen molar-refractivity contribution in [2.45, 2.75) is 32.9 Å². The summed E-state index contributed by atoms with van der Waals surface area (Å²) in [5.74, 6) is 1.27. The monoisotopic (exact) mass is 584 g/mol. The quantitative estimate of drug-likeness (QED) is 0.191. The van der Waals surface area contributed by atoms with Crippen LogP contribution < -0.4 is 20.3 Å². The molecule has 0 aliphatic carbocycles. The Hall–Kier alpha value is -4.70. The maximum atomic E-state index is 12.7. The van der Waals surface area contributed by atoms with Crippen molar-refractivity contribution in [1.29, 1.82) is 0 Å². The van der Waals surface area contributed by atoms with E-state index in [1.807, 2.05) is 86.3 Å². The van der Waals surface area contributed by atoms with E-state index in [1.54, 1.807) is 25.4 Å². The number of hydrogen-bond acceptors (Lipinski definition) is 7. The van der Waals surface area contributed by atoms with Crippen LogP contribution in [0.3, 0.4) is 0 Å². The number of aromatic nitrogens is 1. The highest BCUT2D eigenvalue weighted by molar-refractivity contribution is 7.80. The highest BCUT2D eigenvalue weighted by Crippen LogP contribution is 2.44. The van der Waals surface area contributed by atoms with Crippen molar-refractivity contribution in [2.75, 3.05) is 24.4 Å². The molecule has 2 atom stereocenters. The number of thiocarbonyl (C=S) groups is 1. The molecule has 1 amide bonds. The summed E-state index contributed by atoms with van der Waals surface area (Å²) < 4.78 is 16.9. The van der Waals surface area contributed by atoms with Gasteiger partial charge in [-0.1, -0.05) is 39.0 Å². The first-order chi connectivity index (χ1) is 20.1. The maximum absolute atomic E-state index is 12.7. The first kappa shape index (κ1) is 28.8. The fourth-order valence-electron chi connectivity index (χ4n) is 4.72. The van der Waals surface area contributed by atoms with Crippen molar-refractivity contribution in [3.63, 3.8) is 0 Å². The number of anilines is 2. The summed E-state index contributed by atoms with van der Waals surface area (Å²) in [7, 11) is 2.91. The third-order valence-electron chi connectivity index (χ3n) is 7.00. The number of carbonyl (C=O) groups excluding carboxylic acids is 2. The van der Waals surface area contributed by atoms with Crippen molar-refractivity contribution >= 4 is 40.6 Å². The number of nitrogens with one attached hydrogen (secondary N) is 2. The fraction of sp³-hybridized carbons (Fsp3) is 0.250. The highest BCUT2D eigenvalue weighted by Gasteiger charge is 2.43. The molecule has 0 radical (unpaired) electrons. The number of ether oxygens (including phenoxy) is 2. The Labute approximate surface area is 249 Å². The molecule has 1 saturated heterocycles. The van der Waals surface area contributed by atoms with E-state index < -0.39 is 17.4 Å². The average molecular weight is 585 g/mol. The van der Waals surface area contributed by atoms with Crippen LogP contribution in [0.5, 0.6) is 5.75 Å². The summed E-state index contributed by atoms with van der Waals surface area (Å²) in [6.45, 7) is 5.56. The van der Waals surface area contributed by atoms with E-state index in [2.05, 4.69) is 15.6 Å². The zero-order valence-electron chi connectivity index (χ0n) is 24.0. The van der Waals surface area contributed by atoms with E-state index in [1.165, 1.54) is 7.11 Å². The lowest BCUT2D eigenvalue weighted by molar-refractivity contribution is -0.123. The second kappa shape index (κ2) is 11.7. The van der Waals surface area contributed by atoms with Crippen molar-refractivity contribution in [1.82, 2.24) is 10.3 Å². The van der Waals surface area contributed by atoms with Crippen molar-refractivity contribution in [3.8, 4) is 17.1 Å². The topological polar surface area (TPSA) is 106 Å². The SMILES string of the molecule is COC(=O)c1ccc(-c2ccc([C@H]3[C@H](c4ccccn4)NC(=S)N3c3ccc(NC(=O)C(C)(C)C)c(OC)c3)o2)cc1. The zero-order valence-corrected chi connectivity index (χ0v) is 24.8. The lowest BCUT2D eigenvalue weighted by atomic mass is 9.95. The second-order valence-electron chi connectivity index (χ2n) is 10.9. The zero-order chi connectivity index (χ0) is 30.0. The average Bonchev–Trinajstić information content (AvgIpc) is 3.61. The minimum atomic E-state index is -0.568. The molecule has 0 spiro atoms. The van der Waals surface area contributed by atoms with Crippen LogP contribution in [0, 0.1) is 5.41 Å². The van der Waals surface area contributed by atoms with Gasteiger partial charge in [0.15, 0.2) is 5.11 Å². The first-order valence-corrected chi connectivity index (χ1v) is 13.8. The van der Waals surface area contributed by atoms with Gasteiger partial charge in [-0.2, -0.15) is 0 Å². The first-order valence-electron chi connectivity index (χ1n) is 13.4. The maximum Gasteiger partial charge on any atom is 0.337 e. The minimum Gasteiger partial charge on any atom is -0.494 e. The summed E-state index contributed by atoms with van der Waals surface area (Å²) in [6, 6.07) is 21.4. The van der Waals surface area contributed by atoms with Gasteiger partial charge >= 0.3 is 5.97 Å². The number of hydrogen-bond donors (Lipinski definition) is 2. The number of pyridine rings is 1. The predicted octanol–water partition coefficient (Wildman–Crippen LogP) is 6.30. The summed E-state index contributed by atoms with van der Waals surface area (Å²) >= 11 is 5.85. The number of esters is 1.